The predicted molar refractivity (Wildman–Crippen MR) is 62.0 cm³/mol. The fraction of sp³-hybridized carbons (Fsp3) is 0.462. The Balaban J connectivity index is 2.13. The number of hydrogen-bond acceptors (Lipinski definition) is 2. The first-order valence-corrected chi connectivity index (χ1v) is 5.69. The minimum atomic E-state index is -1.02. The van der Waals surface area contributed by atoms with Gasteiger partial charge in [-0.05, 0) is 30.7 Å². The standard InChI is InChI=1S/C13H17NO2/c14-13(12(15)16)8-4-7-11(13)9-10-5-2-1-3-6-10/h1-3,5-6,11H,4,7-9,14H2,(H,15,16)/t11-,13-/m1/s1. The van der Waals surface area contributed by atoms with Crippen LogP contribution < -0.4 is 5.73 Å². The van der Waals surface area contributed by atoms with Gasteiger partial charge < -0.3 is 10.8 Å². The monoisotopic (exact) mass is 219 g/mol. The van der Waals surface area contributed by atoms with Gasteiger partial charge in [0.2, 0.25) is 0 Å². The SMILES string of the molecule is N[C@]1(C(=O)O)CCC[C@@H]1Cc1ccccc1. The lowest BCUT2D eigenvalue weighted by atomic mass is 9.83. The highest BCUT2D eigenvalue weighted by Crippen LogP contribution is 2.36. The lowest BCUT2D eigenvalue weighted by molar-refractivity contribution is -0.144. The van der Waals surface area contributed by atoms with Gasteiger partial charge in [-0.2, -0.15) is 0 Å². The first-order valence-electron chi connectivity index (χ1n) is 5.69. The Bertz CT molecular complexity index is 377. The molecule has 0 saturated heterocycles. The van der Waals surface area contributed by atoms with Crippen LogP contribution in [0.15, 0.2) is 30.3 Å². The van der Waals surface area contributed by atoms with Crippen molar-refractivity contribution >= 4 is 5.97 Å². The molecule has 1 aromatic carbocycles. The molecule has 0 radical (unpaired) electrons. The molecule has 1 aliphatic carbocycles. The van der Waals surface area contributed by atoms with E-state index < -0.39 is 11.5 Å². The summed E-state index contributed by atoms with van der Waals surface area (Å²) in [6.45, 7) is 0. The molecule has 0 unspecified atom stereocenters. The summed E-state index contributed by atoms with van der Waals surface area (Å²) in [5.74, 6) is -0.793. The Kier molecular flexibility index (Phi) is 2.97. The van der Waals surface area contributed by atoms with Gasteiger partial charge in [0.15, 0.2) is 0 Å². The molecule has 0 heterocycles. The number of benzene rings is 1. The number of carboxylic acids is 1. The highest BCUT2D eigenvalue weighted by Gasteiger charge is 2.45. The fourth-order valence-corrected chi connectivity index (χ4v) is 2.57. The van der Waals surface area contributed by atoms with Crippen molar-refractivity contribution in [3.05, 3.63) is 35.9 Å². The van der Waals surface area contributed by atoms with Crippen LogP contribution in [-0.4, -0.2) is 16.6 Å². The maximum Gasteiger partial charge on any atom is 0.323 e. The van der Waals surface area contributed by atoms with Gasteiger partial charge in [-0.15, -0.1) is 0 Å². The molecule has 3 heteroatoms. The summed E-state index contributed by atoms with van der Waals surface area (Å²) < 4.78 is 0. The van der Waals surface area contributed by atoms with Crippen molar-refractivity contribution in [3.8, 4) is 0 Å². The van der Waals surface area contributed by atoms with E-state index in [4.69, 9.17) is 5.73 Å². The van der Waals surface area contributed by atoms with Crippen molar-refractivity contribution in [2.75, 3.05) is 0 Å². The quantitative estimate of drug-likeness (QED) is 0.815. The van der Waals surface area contributed by atoms with Crippen molar-refractivity contribution in [2.24, 2.45) is 11.7 Å². The lowest BCUT2D eigenvalue weighted by Gasteiger charge is -2.26. The van der Waals surface area contributed by atoms with Crippen LogP contribution in [0.1, 0.15) is 24.8 Å². The highest BCUT2D eigenvalue weighted by molar-refractivity contribution is 5.79. The molecule has 3 nitrogen and oxygen atoms in total. The summed E-state index contributed by atoms with van der Waals surface area (Å²) in [7, 11) is 0. The van der Waals surface area contributed by atoms with Gasteiger partial charge >= 0.3 is 5.97 Å². The molecule has 0 spiro atoms. The Labute approximate surface area is 95.3 Å². The summed E-state index contributed by atoms with van der Waals surface area (Å²) >= 11 is 0. The molecule has 1 aliphatic rings. The molecule has 0 amide bonds. The summed E-state index contributed by atoms with van der Waals surface area (Å²) in [4.78, 5) is 11.2. The molecule has 16 heavy (non-hydrogen) atoms. The molecule has 0 aromatic heterocycles. The molecule has 86 valence electrons. The number of nitrogens with two attached hydrogens (primary N) is 1. The van der Waals surface area contributed by atoms with E-state index in [2.05, 4.69) is 0 Å². The van der Waals surface area contributed by atoms with Crippen molar-refractivity contribution in [1.82, 2.24) is 0 Å². The molecule has 0 aliphatic heterocycles. The molecule has 2 rings (SSSR count). The highest BCUT2D eigenvalue weighted by atomic mass is 16.4. The van der Waals surface area contributed by atoms with Crippen molar-refractivity contribution in [1.29, 1.82) is 0 Å². The molecule has 2 atom stereocenters. The first-order chi connectivity index (χ1) is 7.63. The van der Waals surface area contributed by atoms with Gasteiger partial charge in [0.25, 0.3) is 0 Å². The van der Waals surface area contributed by atoms with Gasteiger partial charge in [0.05, 0.1) is 0 Å². The van der Waals surface area contributed by atoms with Crippen LogP contribution in [0.3, 0.4) is 0 Å². The summed E-state index contributed by atoms with van der Waals surface area (Å²) in [6.07, 6.45) is 3.20. The molecular formula is C13H17NO2. The zero-order valence-electron chi connectivity index (χ0n) is 9.23. The first kappa shape index (κ1) is 11.1. The zero-order valence-corrected chi connectivity index (χ0v) is 9.23. The maximum absolute atomic E-state index is 11.2. The summed E-state index contributed by atoms with van der Waals surface area (Å²) in [5, 5.41) is 9.20. The summed E-state index contributed by atoms with van der Waals surface area (Å²) in [6, 6.07) is 9.97. The third kappa shape index (κ3) is 1.95. The molecule has 1 fully saturated rings. The smallest absolute Gasteiger partial charge is 0.323 e. The number of carbonyl (C=O) groups is 1. The fourth-order valence-electron chi connectivity index (χ4n) is 2.57. The molecule has 3 N–H and O–H groups in total. The second kappa shape index (κ2) is 4.26. The Morgan fingerprint density at radius 2 is 2.12 bits per heavy atom. The van der Waals surface area contributed by atoms with Gasteiger partial charge in [0.1, 0.15) is 5.54 Å². The third-order valence-corrected chi connectivity index (χ3v) is 3.59. The topological polar surface area (TPSA) is 63.3 Å². The predicted octanol–water partition coefficient (Wildman–Crippen LogP) is 1.81. The van der Waals surface area contributed by atoms with Gasteiger partial charge in [-0.3, -0.25) is 4.79 Å². The minimum absolute atomic E-state index is 0.0624. The third-order valence-electron chi connectivity index (χ3n) is 3.59. The van der Waals surface area contributed by atoms with Crippen LogP contribution in [-0.2, 0) is 11.2 Å². The largest absolute Gasteiger partial charge is 0.480 e. The van der Waals surface area contributed by atoms with E-state index >= 15 is 0 Å². The number of hydrogen-bond donors (Lipinski definition) is 2. The maximum atomic E-state index is 11.2. The van der Waals surface area contributed by atoms with Crippen molar-refractivity contribution < 1.29 is 9.90 Å². The second-order valence-electron chi connectivity index (χ2n) is 4.62. The van der Waals surface area contributed by atoms with E-state index in [9.17, 15) is 9.90 Å². The van der Waals surface area contributed by atoms with E-state index in [-0.39, 0.29) is 5.92 Å². The van der Waals surface area contributed by atoms with Crippen LogP contribution >= 0.6 is 0 Å². The normalized spacial score (nSPS) is 29.2. The Morgan fingerprint density at radius 3 is 2.75 bits per heavy atom. The van der Waals surface area contributed by atoms with Crippen LogP contribution in [0.5, 0.6) is 0 Å². The molecule has 1 aromatic rings. The van der Waals surface area contributed by atoms with E-state index in [1.165, 1.54) is 5.56 Å². The van der Waals surface area contributed by atoms with E-state index in [0.717, 1.165) is 19.3 Å². The average molecular weight is 219 g/mol. The average Bonchev–Trinajstić information content (AvgIpc) is 2.63. The second-order valence-corrected chi connectivity index (χ2v) is 4.62. The van der Waals surface area contributed by atoms with Crippen LogP contribution in [0, 0.1) is 5.92 Å². The van der Waals surface area contributed by atoms with Crippen molar-refractivity contribution in [3.63, 3.8) is 0 Å². The van der Waals surface area contributed by atoms with E-state index in [0.29, 0.717) is 6.42 Å². The lowest BCUT2D eigenvalue weighted by Crippen LogP contribution is -2.51. The van der Waals surface area contributed by atoms with Crippen LogP contribution in [0.4, 0.5) is 0 Å². The zero-order chi connectivity index (χ0) is 11.6. The number of aliphatic carboxylic acids is 1. The Hall–Kier alpha value is -1.35. The molecular weight excluding hydrogens is 202 g/mol. The van der Waals surface area contributed by atoms with Crippen LogP contribution in [0.25, 0.3) is 0 Å². The Morgan fingerprint density at radius 1 is 1.44 bits per heavy atom. The number of carboxylic acid groups (broad SMARTS) is 1. The minimum Gasteiger partial charge on any atom is -0.480 e. The number of rotatable bonds is 3. The molecule has 1 saturated carbocycles. The van der Waals surface area contributed by atoms with Crippen LogP contribution in [0.2, 0.25) is 0 Å². The van der Waals surface area contributed by atoms with E-state index in [1.807, 2.05) is 30.3 Å². The molecule has 0 bridgehead atoms. The summed E-state index contributed by atoms with van der Waals surface area (Å²) in [5.41, 5.74) is 6.15. The van der Waals surface area contributed by atoms with Crippen molar-refractivity contribution in [2.45, 2.75) is 31.2 Å². The van der Waals surface area contributed by atoms with Gasteiger partial charge in [0, 0.05) is 0 Å². The van der Waals surface area contributed by atoms with Gasteiger partial charge in [-0.25, -0.2) is 0 Å². The van der Waals surface area contributed by atoms with Gasteiger partial charge in [-0.1, -0.05) is 36.8 Å². The van der Waals surface area contributed by atoms with E-state index in [1.54, 1.807) is 0 Å².